The summed E-state index contributed by atoms with van der Waals surface area (Å²) in [6.45, 7) is 6.31. The van der Waals surface area contributed by atoms with Gasteiger partial charge in [-0.25, -0.2) is 9.50 Å². The first kappa shape index (κ1) is 10.9. The Labute approximate surface area is 94.3 Å². The molecular formula is C12H17N3O. The molecule has 0 saturated carbocycles. The van der Waals surface area contributed by atoms with Crippen molar-refractivity contribution in [2.45, 2.75) is 33.6 Å². The van der Waals surface area contributed by atoms with Crippen LogP contribution in [0, 0.1) is 5.92 Å². The smallest absolute Gasteiger partial charge is 0.272 e. The first-order chi connectivity index (χ1) is 7.61. The van der Waals surface area contributed by atoms with Crippen LogP contribution in [0.4, 0.5) is 0 Å². The molecule has 1 N–H and O–H groups in total. The summed E-state index contributed by atoms with van der Waals surface area (Å²) in [4.78, 5) is 16.3. The largest absolute Gasteiger partial charge is 0.297 e. The average Bonchev–Trinajstić information content (AvgIpc) is 2.60. The van der Waals surface area contributed by atoms with Gasteiger partial charge in [0.2, 0.25) is 0 Å². The Morgan fingerprint density at radius 3 is 2.88 bits per heavy atom. The molecule has 2 rings (SSSR count). The zero-order chi connectivity index (χ0) is 11.7. The molecule has 0 amide bonds. The van der Waals surface area contributed by atoms with Gasteiger partial charge in [0, 0.05) is 23.5 Å². The maximum atomic E-state index is 11.8. The molecule has 0 aromatic carbocycles. The number of nitrogens with zero attached hydrogens (tertiary/aromatic N) is 2. The first-order valence-electron chi connectivity index (χ1n) is 5.70. The van der Waals surface area contributed by atoms with Gasteiger partial charge in [0.25, 0.3) is 5.56 Å². The van der Waals surface area contributed by atoms with E-state index in [0.717, 1.165) is 29.7 Å². The van der Waals surface area contributed by atoms with Crippen molar-refractivity contribution in [1.82, 2.24) is 14.6 Å². The normalized spacial score (nSPS) is 11.5. The fraction of sp³-hybridized carbons (Fsp3) is 0.500. The predicted molar refractivity (Wildman–Crippen MR) is 63.7 cm³/mol. The maximum Gasteiger partial charge on any atom is 0.272 e. The minimum Gasteiger partial charge on any atom is -0.297 e. The third kappa shape index (κ3) is 1.87. The number of hydrogen-bond acceptors (Lipinski definition) is 2. The number of aromatic nitrogens is 3. The van der Waals surface area contributed by atoms with Gasteiger partial charge in [-0.05, 0) is 18.8 Å². The number of aryl methyl sites for hydroxylation is 1. The lowest BCUT2D eigenvalue weighted by molar-refractivity contribution is 0.633. The number of aromatic amines is 1. The van der Waals surface area contributed by atoms with Crippen LogP contribution in [-0.4, -0.2) is 14.6 Å². The van der Waals surface area contributed by atoms with E-state index < -0.39 is 0 Å². The van der Waals surface area contributed by atoms with Gasteiger partial charge in [0.1, 0.15) is 0 Å². The average molecular weight is 219 g/mol. The molecule has 86 valence electrons. The third-order valence-electron chi connectivity index (χ3n) is 2.63. The lowest BCUT2D eigenvalue weighted by Crippen LogP contribution is -2.16. The molecule has 2 aromatic rings. The molecule has 2 heterocycles. The van der Waals surface area contributed by atoms with E-state index in [1.54, 1.807) is 6.07 Å². The SMILES string of the molecule is CCc1c[nH]n2c(=O)cc(CC(C)C)nc12. The standard InChI is InChI=1S/C12H17N3O/c1-4-9-7-13-15-11(16)6-10(5-8(2)3)14-12(9)15/h6-8,13H,4-5H2,1-3H3. The molecule has 0 fully saturated rings. The molecule has 16 heavy (non-hydrogen) atoms. The van der Waals surface area contributed by atoms with Crippen LogP contribution in [0.25, 0.3) is 5.65 Å². The minimum absolute atomic E-state index is 0.0275. The van der Waals surface area contributed by atoms with E-state index in [2.05, 4.69) is 30.9 Å². The summed E-state index contributed by atoms with van der Waals surface area (Å²) in [5, 5.41) is 2.93. The van der Waals surface area contributed by atoms with Gasteiger partial charge < -0.3 is 0 Å². The van der Waals surface area contributed by atoms with Crippen LogP contribution in [-0.2, 0) is 12.8 Å². The van der Waals surface area contributed by atoms with Crippen LogP contribution >= 0.6 is 0 Å². The van der Waals surface area contributed by atoms with E-state index in [4.69, 9.17) is 0 Å². The highest BCUT2D eigenvalue weighted by Crippen LogP contribution is 2.09. The van der Waals surface area contributed by atoms with Crippen molar-refractivity contribution in [3.63, 3.8) is 0 Å². The van der Waals surface area contributed by atoms with Crippen LogP contribution in [0.3, 0.4) is 0 Å². The van der Waals surface area contributed by atoms with Crippen LogP contribution in [0.5, 0.6) is 0 Å². The summed E-state index contributed by atoms with van der Waals surface area (Å²) >= 11 is 0. The van der Waals surface area contributed by atoms with Crippen LogP contribution in [0.1, 0.15) is 32.0 Å². The monoisotopic (exact) mass is 219 g/mol. The fourth-order valence-electron chi connectivity index (χ4n) is 1.86. The van der Waals surface area contributed by atoms with Gasteiger partial charge in [-0.1, -0.05) is 20.8 Å². The highest BCUT2D eigenvalue weighted by atomic mass is 16.1. The lowest BCUT2D eigenvalue weighted by atomic mass is 10.1. The van der Waals surface area contributed by atoms with Crippen LogP contribution in [0.2, 0.25) is 0 Å². The zero-order valence-electron chi connectivity index (χ0n) is 9.95. The van der Waals surface area contributed by atoms with Crippen LogP contribution < -0.4 is 5.56 Å². The predicted octanol–water partition coefficient (Wildman–Crippen LogP) is 1.78. The molecule has 0 spiro atoms. The number of hydrogen-bond donors (Lipinski definition) is 1. The first-order valence-corrected chi connectivity index (χ1v) is 5.70. The topological polar surface area (TPSA) is 50.2 Å². The molecule has 0 bridgehead atoms. The van der Waals surface area contributed by atoms with Gasteiger partial charge in [-0.2, -0.15) is 0 Å². The van der Waals surface area contributed by atoms with Crippen molar-refractivity contribution in [2.24, 2.45) is 5.92 Å². The highest BCUT2D eigenvalue weighted by Gasteiger charge is 2.08. The molecule has 0 radical (unpaired) electrons. The lowest BCUT2D eigenvalue weighted by Gasteiger charge is -2.04. The molecule has 0 atom stereocenters. The second kappa shape index (κ2) is 4.12. The molecule has 0 aliphatic heterocycles. The summed E-state index contributed by atoms with van der Waals surface area (Å²) in [6, 6.07) is 1.61. The van der Waals surface area contributed by atoms with E-state index >= 15 is 0 Å². The van der Waals surface area contributed by atoms with Gasteiger partial charge in [-0.15, -0.1) is 0 Å². The van der Waals surface area contributed by atoms with Crippen molar-refractivity contribution in [3.8, 4) is 0 Å². The number of rotatable bonds is 3. The second-order valence-electron chi connectivity index (χ2n) is 4.49. The minimum atomic E-state index is -0.0275. The van der Waals surface area contributed by atoms with E-state index in [-0.39, 0.29) is 5.56 Å². The Bertz CT molecular complexity index is 551. The zero-order valence-corrected chi connectivity index (χ0v) is 9.95. The molecule has 0 unspecified atom stereocenters. The Kier molecular flexibility index (Phi) is 2.81. The van der Waals surface area contributed by atoms with E-state index in [1.165, 1.54) is 4.52 Å². The number of H-pyrrole nitrogens is 1. The summed E-state index contributed by atoms with van der Waals surface area (Å²) in [5.74, 6) is 0.512. The van der Waals surface area contributed by atoms with Crippen LogP contribution in [0.15, 0.2) is 17.1 Å². The summed E-state index contributed by atoms with van der Waals surface area (Å²) < 4.78 is 1.50. The molecular weight excluding hydrogens is 202 g/mol. The molecule has 0 aliphatic rings. The number of fused-ring (bicyclic) bond motifs is 1. The quantitative estimate of drug-likeness (QED) is 0.855. The molecule has 4 nitrogen and oxygen atoms in total. The maximum absolute atomic E-state index is 11.8. The second-order valence-corrected chi connectivity index (χ2v) is 4.49. The van der Waals surface area contributed by atoms with Crippen molar-refractivity contribution < 1.29 is 0 Å². The Morgan fingerprint density at radius 1 is 1.50 bits per heavy atom. The summed E-state index contributed by atoms with van der Waals surface area (Å²) in [5.41, 5.74) is 2.71. The van der Waals surface area contributed by atoms with E-state index in [9.17, 15) is 4.79 Å². The molecule has 2 aromatic heterocycles. The van der Waals surface area contributed by atoms with Crippen molar-refractivity contribution in [2.75, 3.05) is 0 Å². The van der Waals surface area contributed by atoms with Crippen molar-refractivity contribution >= 4 is 5.65 Å². The molecule has 0 saturated heterocycles. The van der Waals surface area contributed by atoms with Gasteiger partial charge in [0.15, 0.2) is 5.65 Å². The van der Waals surface area contributed by atoms with Gasteiger partial charge >= 0.3 is 0 Å². The number of nitrogens with one attached hydrogen (secondary N) is 1. The Hall–Kier alpha value is -1.58. The Morgan fingerprint density at radius 2 is 2.25 bits per heavy atom. The highest BCUT2D eigenvalue weighted by molar-refractivity contribution is 5.46. The van der Waals surface area contributed by atoms with Crippen molar-refractivity contribution in [1.29, 1.82) is 0 Å². The van der Waals surface area contributed by atoms with Crippen molar-refractivity contribution in [3.05, 3.63) is 33.9 Å². The van der Waals surface area contributed by atoms with E-state index in [1.807, 2.05) is 6.20 Å². The van der Waals surface area contributed by atoms with Gasteiger partial charge in [0.05, 0.1) is 0 Å². The molecule has 0 aliphatic carbocycles. The molecule has 4 heteroatoms. The Balaban J connectivity index is 2.59. The fourth-order valence-corrected chi connectivity index (χ4v) is 1.86. The van der Waals surface area contributed by atoms with Gasteiger partial charge in [-0.3, -0.25) is 9.89 Å². The van der Waals surface area contributed by atoms with E-state index in [0.29, 0.717) is 5.92 Å². The third-order valence-corrected chi connectivity index (χ3v) is 2.63. The summed E-state index contributed by atoms with van der Waals surface area (Å²) in [7, 11) is 0. The summed E-state index contributed by atoms with van der Waals surface area (Å²) in [6.07, 6.45) is 3.58.